The molecule has 0 aromatic heterocycles. The van der Waals surface area contributed by atoms with Crippen LogP contribution in [0.2, 0.25) is 5.02 Å². The average molecular weight is 395 g/mol. The van der Waals surface area contributed by atoms with E-state index in [2.05, 4.69) is 9.89 Å². The van der Waals surface area contributed by atoms with Gasteiger partial charge in [-0.15, -0.1) is 0 Å². The summed E-state index contributed by atoms with van der Waals surface area (Å²) >= 11 is 5.96. The van der Waals surface area contributed by atoms with Gasteiger partial charge in [-0.2, -0.15) is 0 Å². The fourth-order valence-corrected chi connectivity index (χ4v) is 3.41. The maximum Gasteiger partial charge on any atom is 0.147 e. The lowest BCUT2D eigenvalue weighted by Crippen LogP contribution is -2.18. The van der Waals surface area contributed by atoms with E-state index in [1.54, 1.807) is 18.3 Å². The first-order chi connectivity index (χ1) is 13.7. The van der Waals surface area contributed by atoms with Crippen molar-refractivity contribution in [2.24, 2.45) is 4.99 Å². The summed E-state index contributed by atoms with van der Waals surface area (Å²) in [6, 6.07) is 19.9. The maximum absolute atomic E-state index is 14.4. The number of halogens is 2. The molecule has 1 aliphatic heterocycles. The Morgan fingerprint density at radius 3 is 2.43 bits per heavy atom. The zero-order chi connectivity index (χ0) is 19.3. The molecule has 0 bridgehead atoms. The summed E-state index contributed by atoms with van der Waals surface area (Å²) in [5.74, 6) is 1.18. The van der Waals surface area contributed by atoms with Gasteiger partial charge < -0.3 is 9.64 Å². The van der Waals surface area contributed by atoms with Crippen molar-refractivity contribution in [2.45, 2.75) is 12.8 Å². The highest BCUT2D eigenvalue weighted by molar-refractivity contribution is 6.30. The fourth-order valence-electron chi connectivity index (χ4n) is 3.23. The Kier molecular flexibility index (Phi) is 5.58. The lowest BCUT2D eigenvalue weighted by molar-refractivity contribution is 0.483. The molecule has 0 aliphatic carbocycles. The highest BCUT2D eigenvalue weighted by atomic mass is 35.5. The normalized spacial score (nSPS) is 14.0. The molecule has 1 heterocycles. The van der Waals surface area contributed by atoms with Crippen LogP contribution >= 0.6 is 11.6 Å². The van der Waals surface area contributed by atoms with Gasteiger partial charge in [-0.1, -0.05) is 23.7 Å². The Labute approximate surface area is 169 Å². The minimum absolute atomic E-state index is 0.198. The number of ether oxygens (including phenoxy) is 1. The van der Waals surface area contributed by atoms with Crippen LogP contribution in [-0.4, -0.2) is 19.3 Å². The van der Waals surface area contributed by atoms with Crippen molar-refractivity contribution in [3.8, 4) is 11.5 Å². The topological polar surface area (TPSA) is 24.8 Å². The summed E-state index contributed by atoms with van der Waals surface area (Å²) < 4.78 is 20.2. The molecule has 3 aromatic rings. The zero-order valence-corrected chi connectivity index (χ0v) is 16.1. The van der Waals surface area contributed by atoms with Gasteiger partial charge in [0.25, 0.3) is 0 Å². The number of nitrogens with zero attached hydrogens (tertiary/aromatic N) is 2. The fraction of sp³-hybridized carbons (Fsp3) is 0.174. The minimum Gasteiger partial charge on any atom is -0.457 e. The van der Waals surface area contributed by atoms with Crippen molar-refractivity contribution in [2.75, 3.05) is 18.0 Å². The van der Waals surface area contributed by atoms with Crippen LogP contribution in [0.5, 0.6) is 11.5 Å². The lowest BCUT2D eigenvalue weighted by atomic mass is 10.2. The van der Waals surface area contributed by atoms with Crippen molar-refractivity contribution in [1.29, 1.82) is 0 Å². The van der Waals surface area contributed by atoms with Crippen molar-refractivity contribution >= 4 is 29.2 Å². The Morgan fingerprint density at radius 1 is 0.929 bits per heavy atom. The van der Waals surface area contributed by atoms with E-state index in [0.717, 1.165) is 37.2 Å². The zero-order valence-electron chi connectivity index (χ0n) is 15.3. The van der Waals surface area contributed by atoms with E-state index in [0.29, 0.717) is 22.2 Å². The molecule has 0 N–H and O–H groups in total. The first kappa shape index (κ1) is 18.5. The molecule has 0 spiro atoms. The van der Waals surface area contributed by atoms with E-state index in [9.17, 15) is 4.39 Å². The monoisotopic (exact) mass is 394 g/mol. The third-order valence-corrected chi connectivity index (χ3v) is 4.88. The predicted octanol–water partition coefficient (Wildman–Crippen LogP) is 6.62. The van der Waals surface area contributed by atoms with Crippen molar-refractivity contribution in [3.63, 3.8) is 0 Å². The standard InChI is InChI=1S/C23H20ClFN2O/c24-18-4-3-5-21(15-18)28-20-9-7-19(8-10-20)26-16-17-6-11-23(22(25)14-17)27-12-1-2-13-27/h3-11,14-16H,1-2,12-13H2. The number of benzene rings is 3. The van der Waals surface area contributed by atoms with E-state index in [4.69, 9.17) is 16.3 Å². The molecule has 3 aromatic carbocycles. The second-order valence-electron chi connectivity index (χ2n) is 6.72. The summed E-state index contributed by atoms with van der Waals surface area (Å²) in [5.41, 5.74) is 2.18. The van der Waals surface area contributed by atoms with Gasteiger partial charge in [0.05, 0.1) is 11.4 Å². The molecular formula is C23H20ClFN2O. The molecule has 142 valence electrons. The number of hydrogen-bond donors (Lipinski definition) is 0. The van der Waals surface area contributed by atoms with Crippen molar-refractivity contribution in [1.82, 2.24) is 0 Å². The molecule has 0 atom stereocenters. The predicted molar refractivity (Wildman–Crippen MR) is 113 cm³/mol. The van der Waals surface area contributed by atoms with Gasteiger partial charge >= 0.3 is 0 Å². The molecule has 4 rings (SSSR count). The molecule has 28 heavy (non-hydrogen) atoms. The highest BCUT2D eigenvalue weighted by Crippen LogP contribution is 2.27. The molecule has 5 heteroatoms. The van der Waals surface area contributed by atoms with Crippen LogP contribution in [0.15, 0.2) is 71.7 Å². The Balaban J connectivity index is 1.42. The minimum atomic E-state index is -0.198. The van der Waals surface area contributed by atoms with Gasteiger partial charge in [-0.25, -0.2) is 4.39 Å². The van der Waals surface area contributed by atoms with Gasteiger partial charge in [0.2, 0.25) is 0 Å². The Morgan fingerprint density at radius 2 is 1.71 bits per heavy atom. The quantitative estimate of drug-likeness (QED) is 0.454. The van der Waals surface area contributed by atoms with Gasteiger partial charge in [0.15, 0.2) is 0 Å². The summed E-state index contributed by atoms with van der Waals surface area (Å²) in [5, 5.41) is 0.627. The lowest BCUT2D eigenvalue weighted by Gasteiger charge is -2.18. The maximum atomic E-state index is 14.4. The van der Waals surface area contributed by atoms with Crippen LogP contribution < -0.4 is 9.64 Å². The molecular weight excluding hydrogens is 375 g/mol. The largest absolute Gasteiger partial charge is 0.457 e. The number of hydrogen-bond acceptors (Lipinski definition) is 3. The van der Waals surface area contributed by atoms with Crippen LogP contribution in [0, 0.1) is 5.82 Å². The summed E-state index contributed by atoms with van der Waals surface area (Å²) in [4.78, 5) is 6.52. The summed E-state index contributed by atoms with van der Waals surface area (Å²) in [7, 11) is 0. The molecule has 0 radical (unpaired) electrons. The van der Waals surface area contributed by atoms with Gasteiger partial charge in [0, 0.05) is 24.3 Å². The van der Waals surface area contributed by atoms with E-state index in [1.807, 2.05) is 48.5 Å². The van der Waals surface area contributed by atoms with E-state index in [-0.39, 0.29) is 5.82 Å². The molecule has 3 nitrogen and oxygen atoms in total. The third kappa shape index (κ3) is 4.52. The smallest absolute Gasteiger partial charge is 0.147 e. The number of anilines is 1. The molecule has 1 saturated heterocycles. The third-order valence-electron chi connectivity index (χ3n) is 4.65. The first-order valence-electron chi connectivity index (χ1n) is 9.29. The van der Waals surface area contributed by atoms with Gasteiger partial charge in [0.1, 0.15) is 17.3 Å². The first-order valence-corrected chi connectivity index (χ1v) is 9.67. The summed E-state index contributed by atoms with van der Waals surface area (Å²) in [6.07, 6.45) is 3.92. The summed E-state index contributed by atoms with van der Waals surface area (Å²) in [6.45, 7) is 1.85. The van der Waals surface area contributed by atoms with Crippen LogP contribution in [0.25, 0.3) is 0 Å². The average Bonchev–Trinajstić information content (AvgIpc) is 3.22. The molecule has 0 unspecified atom stereocenters. The highest BCUT2D eigenvalue weighted by Gasteiger charge is 2.15. The molecule has 1 fully saturated rings. The van der Waals surface area contributed by atoms with E-state index < -0.39 is 0 Å². The van der Waals surface area contributed by atoms with Crippen LogP contribution in [0.4, 0.5) is 15.8 Å². The van der Waals surface area contributed by atoms with Gasteiger partial charge in [-0.3, -0.25) is 4.99 Å². The van der Waals surface area contributed by atoms with Crippen molar-refractivity contribution in [3.05, 3.63) is 83.1 Å². The number of aliphatic imine (C=N–C) groups is 1. The second-order valence-corrected chi connectivity index (χ2v) is 7.15. The van der Waals surface area contributed by atoms with Gasteiger partial charge in [-0.05, 0) is 73.0 Å². The Hall–Kier alpha value is -2.85. The number of rotatable bonds is 5. The molecule has 0 saturated carbocycles. The van der Waals surface area contributed by atoms with E-state index in [1.165, 1.54) is 6.07 Å². The second kappa shape index (κ2) is 8.44. The van der Waals surface area contributed by atoms with Crippen LogP contribution in [0.3, 0.4) is 0 Å². The molecule has 1 aliphatic rings. The SMILES string of the molecule is Fc1cc(C=Nc2ccc(Oc3cccc(Cl)c3)cc2)ccc1N1CCCC1. The Bertz CT molecular complexity index is 982. The van der Waals surface area contributed by atoms with Crippen LogP contribution in [-0.2, 0) is 0 Å². The van der Waals surface area contributed by atoms with Crippen molar-refractivity contribution < 1.29 is 9.13 Å². The van der Waals surface area contributed by atoms with Crippen LogP contribution in [0.1, 0.15) is 18.4 Å². The molecule has 0 amide bonds. The van der Waals surface area contributed by atoms with E-state index >= 15 is 0 Å².